The first-order chi connectivity index (χ1) is 9.03. The normalized spacial score (nSPS) is 19.2. The fourth-order valence-corrected chi connectivity index (χ4v) is 2.46. The van der Waals surface area contributed by atoms with E-state index in [0.29, 0.717) is 25.9 Å². The minimum atomic E-state index is -0.700. The van der Waals surface area contributed by atoms with Crippen LogP contribution < -0.4 is 9.47 Å². The number of nitrogens with zero attached hydrogens (tertiary/aromatic N) is 1. The molecule has 0 saturated carbocycles. The maximum absolute atomic E-state index is 11.9. The van der Waals surface area contributed by atoms with Crippen LogP contribution in [0.15, 0.2) is 18.2 Å². The second-order valence-corrected chi connectivity index (χ2v) is 5.43. The van der Waals surface area contributed by atoms with Gasteiger partial charge in [0, 0.05) is 6.42 Å². The molecular weight excluding hydrogens is 246 g/mol. The monoisotopic (exact) mass is 263 g/mol. The molecule has 1 amide bonds. The van der Waals surface area contributed by atoms with Crippen molar-refractivity contribution in [3.63, 3.8) is 0 Å². The van der Waals surface area contributed by atoms with E-state index >= 15 is 0 Å². The number of aryl methyl sites for hydroxylation is 1. The van der Waals surface area contributed by atoms with Gasteiger partial charge in [0.25, 0.3) is 0 Å². The smallest absolute Gasteiger partial charge is 0.231 e. The van der Waals surface area contributed by atoms with Crippen molar-refractivity contribution in [3.05, 3.63) is 23.8 Å². The van der Waals surface area contributed by atoms with Crippen LogP contribution in [0, 0.1) is 0 Å². The number of hydrogen-bond donors (Lipinski definition) is 1. The van der Waals surface area contributed by atoms with Gasteiger partial charge in [-0.3, -0.25) is 4.79 Å². The fourth-order valence-electron chi connectivity index (χ4n) is 2.46. The van der Waals surface area contributed by atoms with Crippen molar-refractivity contribution in [2.75, 3.05) is 19.9 Å². The van der Waals surface area contributed by atoms with Crippen LogP contribution in [0.3, 0.4) is 0 Å². The Bertz CT molecular complexity index is 504. The SMILES string of the molecule is CC1(O)CN(C(=O)CCc2ccc3c(c2)OCO3)C1. The summed E-state index contributed by atoms with van der Waals surface area (Å²) < 4.78 is 10.5. The molecule has 0 spiro atoms. The van der Waals surface area contributed by atoms with Gasteiger partial charge in [-0.15, -0.1) is 0 Å². The Hall–Kier alpha value is -1.75. The Labute approximate surface area is 111 Å². The molecule has 2 aliphatic rings. The van der Waals surface area contributed by atoms with E-state index in [4.69, 9.17) is 9.47 Å². The van der Waals surface area contributed by atoms with Crippen LogP contribution in [0.5, 0.6) is 11.5 Å². The summed E-state index contributed by atoms with van der Waals surface area (Å²) in [4.78, 5) is 13.6. The Morgan fingerprint density at radius 3 is 2.84 bits per heavy atom. The summed E-state index contributed by atoms with van der Waals surface area (Å²) in [6.07, 6.45) is 1.13. The lowest BCUT2D eigenvalue weighted by Crippen LogP contribution is -2.61. The van der Waals surface area contributed by atoms with Gasteiger partial charge in [0.05, 0.1) is 18.7 Å². The maximum atomic E-state index is 11.9. The Kier molecular flexibility index (Phi) is 2.86. The molecular formula is C14H17NO4. The van der Waals surface area contributed by atoms with Gasteiger partial charge in [-0.05, 0) is 31.0 Å². The number of hydrogen-bond acceptors (Lipinski definition) is 4. The number of β-amino-alcohol motifs (C(OH)–C–C–N with tert-alkyl or cyclic N) is 1. The van der Waals surface area contributed by atoms with E-state index in [0.717, 1.165) is 17.1 Å². The molecule has 5 heteroatoms. The lowest BCUT2D eigenvalue weighted by atomic mass is 9.96. The summed E-state index contributed by atoms with van der Waals surface area (Å²) in [7, 11) is 0. The summed E-state index contributed by atoms with van der Waals surface area (Å²) >= 11 is 0. The van der Waals surface area contributed by atoms with Crippen LogP contribution in [0.4, 0.5) is 0 Å². The highest BCUT2D eigenvalue weighted by molar-refractivity contribution is 5.77. The van der Waals surface area contributed by atoms with E-state index in [2.05, 4.69) is 0 Å². The lowest BCUT2D eigenvalue weighted by molar-refractivity contribution is -0.152. The third-order valence-electron chi connectivity index (χ3n) is 3.48. The summed E-state index contributed by atoms with van der Waals surface area (Å²) in [6.45, 7) is 2.88. The van der Waals surface area contributed by atoms with Crippen molar-refractivity contribution >= 4 is 5.91 Å². The summed E-state index contributed by atoms with van der Waals surface area (Å²) in [5, 5.41) is 9.60. The Morgan fingerprint density at radius 2 is 2.11 bits per heavy atom. The van der Waals surface area contributed by atoms with Crippen molar-refractivity contribution in [2.45, 2.75) is 25.4 Å². The third-order valence-corrected chi connectivity index (χ3v) is 3.48. The number of likely N-dealkylation sites (tertiary alicyclic amines) is 1. The number of amides is 1. The first-order valence-electron chi connectivity index (χ1n) is 6.42. The number of carbonyl (C=O) groups is 1. The standard InChI is InChI=1S/C14H17NO4/c1-14(17)7-15(8-14)13(16)5-3-10-2-4-11-12(6-10)19-9-18-11/h2,4,6,17H,3,5,7-9H2,1H3. The van der Waals surface area contributed by atoms with Crippen LogP contribution in [-0.2, 0) is 11.2 Å². The number of rotatable bonds is 3. The Balaban J connectivity index is 1.54. The van der Waals surface area contributed by atoms with Crippen molar-refractivity contribution in [1.29, 1.82) is 0 Å². The molecule has 0 bridgehead atoms. The van der Waals surface area contributed by atoms with Gasteiger partial charge in [-0.2, -0.15) is 0 Å². The predicted octanol–water partition coefficient (Wildman–Crippen LogP) is 0.941. The van der Waals surface area contributed by atoms with Gasteiger partial charge in [0.1, 0.15) is 0 Å². The quantitative estimate of drug-likeness (QED) is 0.881. The van der Waals surface area contributed by atoms with Gasteiger partial charge >= 0.3 is 0 Å². The second-order valence-electron chi connectivity index (χ2n) is 5.43. The highest BCUT2D eigenvalue weighted by atomic mass is 16.7. The maximum Gasteiger partial charge on any atom is 0.231 e. The van der Waals surface area contributed by atoms with Crippen molar-refractivity contribution < 1.29 is 19.4 Å². The van der Waals surface area contributed by atoms with Gasteiger partial charge in [-0.1, -0.05) is 6.07 Å². The lowest BCUT2D eigenvalue weighted by Gasteiger charge is -2.44. The number of benzene rings is 1. The van der Waals surface area contributed by atoms with Crippen LogP contribution in [-0.4, -0.2) is 41.4 Å². The first-order valence-corrected chi connectivity index (χ1v) is 6.42. The van der Waals surface area contributed by atoms with Crippen molar-refractivity contribution in [2.24, 2.45) is 0 Å². The van der Waals surface area contributed by atoms with Gasteiger partial charge in [0.15, 0.2) is 11.5 Å². The zero-order chi connectivity index (χ0) is 13.5. The summed E-state index contributed by atoms with van der Waals surface area (Å²) in [5.74, 6) is 1.59. The molecule has 1 N–H and O–H groups in total. The highest BCUT2D eigenvalue weighted by Crippen LogP contribution is 2.32. The molecule has 2 aliphatic heterocycles. The molecule has 1 aromatic rings. The van der Waals surface area contributed by atoms with Crippen molar-refractivity contribution in [1.82, 2.24) is 4.90 Å². The van der Waals surface area contributed by atoms with Gasteiger partial charge in [0.2, 0.25) is 12.7 Å². The minimum absolute atomic E-state index is 0.0872. The summed E-state index contributed by atoms with van der Waals surface area (Å²) in [5.41, 5.74) is 0.360. The average molecular weight is 263 g/mol. The minimum Gasteiger partial charge on any atom is -0.454 e. The van der Waals surface area contributed by atoms with Crippen LogP contribution in [0.1, 0.15) is 18.9 Å². The molecule has 3 rings (SSSR count). The predicted molar refractivity (Wildman–Crippen MR) is 68.1 cm³/mol. The summed E-state index contributed by atoms with van der Waals surface area (Å²) in [6, 6.07) is 5.74. The number of aliphatic hydroxyl groups is 1. The van der Waals surface area contributed by atoms with E-state index in [-0.39, 0.29) is 12.7 Å². The zero-order valence-corrected chi connectivity index (χ0v) is 10.9. The van der Waals surface area contributed by atoms with E-state index in [1.807, 2.05) is 18.2 Å². The fraction of sp³-hybridized carbons (Fsp3) is 0.500. The molecule has 5 nitrogen and oxygen atoms in total. The molecule has 2 heterocycles. The molecule has 1 aromatic carbocycles. The number of carbonyl (C=O) groups excluding carboxylic acids is 1. The molecule has 1 fully saturated rings. The van der Waals surface area contributed by atoms with Crippen LogP contribution in [0.2, 0.25) is 0 Å². The van der Waals surface area contributed by atoms with E-state index in [1.54, 1.807) is 11.8 Å². The molecule has 0 radical (unpaired) electrons. The third kappa shape index (κ3) is 2.51. The molecule has 0 aliphatic carbocycles. The Morgan fingerprint density at radius 1 is 1.37 bits per heavy atom. The highest BCUT2D eigenvalue weighted by Gasteiger charge is 2.38. The van der Waals surface area contributed by atoms with E-state index in [9.17, 15) is 9.90 Å². The molecule has 0 aromatic heterocycles. The van der Waals surface area contributed by atoms with Crippen molar-refractivity contribution in [3.8, 4) is 11.5 Å². The average Bonchev–Trinajstić information content (AvgIpc) is 2.80. The largest absolute Gasteiger partial charge is 0.454 e. The van der Waals surface area contributed by atoms with Crippen LogP contribution in [0.25, 0.3) is 0 Å². The number of fused-ring (bicyclic) bond motifs is 1. The zero-order valence-electron chi connectivity index (χ0n) is 10.9. The number of ether oxygens (including phenoxy) is 2. The topological polar surface area (TPSA) is 59.0 Å². The molecule has 102 valence electrons. The van der Waals surface area contributed by atoms with Crippen LogP contribution >= 0.6 is 0 Å². The van der Waals surface area contributed by atoms with Gasteiger partial charge < -0.3 is 19.5 Å². The second kappa shape index (κ2) is 4.42. The van der Waals surface area contributed by atoms with Gasteiger partial charge in [-0.25, -0.2) is 0 Å². The molecule has 19 heavy (non-hydrogen) atoms. The molecule has 0 atom stereocenters. The van der Waals surface area contributed by atoms with E-state index in [1.165, 1.54) is 0 Å². The first kappa shape index (κ1) is 12.3. The molecule has 0 unspecified atom stereocenters. The van der Waals surface area contributed by atoms with E-state index < -0.39 is 5.60 Å². The molecule has 1 saturated heterocycles.